The largest absolute Gasteiger partial charge is 0.338 e. The molecule has 0 spiro atoms. The van der Waals surface area contributed by atoms with E-state index in [1.54, 1.807) is 6.92 Å². The van der Waals surface area contributed by atoms with E-state index in [0.717, 1.165) is 28.0 Å². The van der Waals surface area contributed by atoms with Gasteiger partial charge in [0, 0.05) is 12.1 Å². The maximum absolute atomic E-state index is 11.4. The van der Waals surface area contributed by atoms with Crippen LogP contribution in [0, 0.1) is 0 Å². The second kappa shape index (κ2) is 6.52. The first-order valence-corrected chi connectivity index (χ1v) is 9.24. The van der Waals surface area contributed by atoms with Crippen molar-refractivity contribution < 1.29 is 8.42 Å². The summed E-state index contributed by atoms with van der Waals surface area (Å²) in [5.41, 5.74) is 3.97. The molecule has 0 fully saturated rings. The number of nitrogens with zero attached hydrogens (tertiary/aromatic N) is 1. The van der Waals surface area contributed by atoms with Crippen LogP contribution in [0.4, 0.5) is 0 Å². The maximum Gasteiger partial charge on any atom is 0.211 e. The minimum atomic E-state index is -3.13. The molecule has 0 amide bonds. The summed E-state index contributed by atoms with van der Waals surface area (Å²) in [6, 6.07) is 15.9. The van der Waals surface area contributed by atoms with Crippen molar-refractivity contribution in [2.75, 3.05) is 12.3 Å². The van der Waals surface area contributed by atoms with Gasteiger partial charge in [0.05, 0.1) is 16.8 Å². The molecule has 0 aliphatic rings. The van der Waals surface area contributed by atoms with Gasteiger partial charge in [0.25, 0.3) is 0 Å². The first kappa shape index (κ1) is 15.7. The number of nitrogens with one attached hydrogen (secondary N) is 2. The third kappa shape index (κ3) is 3.78. The summed E-state index contributed by atoms with van der Waals surface area (Å²) in [4.78, 5) is 7.91. The molecule has 0 aliphatic carbocycles. The quantitative estimate of drug-likeness (QED) is 0.730. The number of hydrogen-bond donors (Lipinski definition) is 2. The molecule has 0 saturated heterocycles. The van der Waals surface area contributed by atoms with Gasteiger partial charge in [0.2, 0.25) is 10.0 Å². The number of sulfonamides is 1. The van der Waals surface area contributed by atoms with E-state index >= 15 is 0 Å². The van der Waals surface area contributed by atoms with E-state index in [0.29, 0.717) is 13.0 Å². The second-order valence-corrected chi connectivity index (χ2v) is 7.45. The lowest BCUT2D eigenvalue weighted by Gasteiger charge is -2.04. The lowest BCUT2D eigenvalue weighted by Crippen LogP contribution is -2.27. The molecule has 0 bridgehead atoms. The number of fused-ring (bicyclic) bond motifs is 1. The molecule has 2 N–H and O–H groups in total. The number of hydrogen-bond acceptors (Lipinski definition) is 3. The molecule has 1 aromatic heterocycles. The Morgan fingerprint density at radius 3 is 2.65 bits per heavy atom. The highest BCUT2D eigenvalue weighted by Gasteiger charge is 2.07. The number of benzene rings is 2. The Morgan fingerprint density at radius 1 is 1.13 bits per heavy atom. The SMILES string of the molecule is CCS(=O)(=O)NCCc1ccc2nc(-c3ccccc3)[nH]c2c1. The van der Waals surface area contributed by atoms with E-state index in [1.807, 2.05) is 48.5 Å². The van der Waals surface area contributed by atoms with Crippen molar-refractivity contribution in [3.05, 3.63) is 54.1 Å². The second-order valence-electron chi connectivity index (χ2n) is 5.35. The zero-order valence-electron chi connectivity index (χ0n) is 12.9. The Balaban J connectivity index is 1.77. The number of aromatic amines is 1. The molecule has 0 radical (unpaired) electrons. The summed E-state index contributed by atoms with van der Waals surface area (Å²) >= 11 is 0. The lowest BCUT2D eigenvalue weighted by atomic mass is 10.1. The smallest absolute Gasteiger partial charge is 0.211 e. The fourth-order valence-corrected chi connectivity index (χ4v) is 3.02. The molecule has 0 saturated carbocycles. The predicted octanol–water partition coefficient (Wildman–Crippen LogP) is 2.71. The Labute approximate surface area is 135 Å². The Bertz CT molecular complexity index is 902. The lowest BCUT2D eigenvalue weighted by molar-refractivity contribution is 0.583. The highest BCUT2D eigenvalue weighted by atomic mass is 32.2. The summed E-state index contributed by atoms with van der Waals surface area (Å²) in [7, 11) is -3.13. The van der Waals surface area contributed by atoms with Crippen LogP contribution >= 0.6 is 0 Å². The number of rotatable bonds is 6. The molecule has 120 valence electrons. The molecule has 6 heteroatoms. The third-order valence-corrected chi connectivity index (χ3v) is 5.11. The Morgan fingerprint density at radius 2 is 1.91 bits per heavy atom. The van der Waals surface area contributed by atoms with E-state index in [1.165, 1.54) is 0 Å². The van der Waals surface area contributed by atoms with E-state index in [9.17, 15) is 8.42 Å². The number of aromatic nitrogens is 2. The monoisotopic (exact) mass is 329 g/mol. The zero-order chi connectivity index (χ0) is 16.3. The minimum Gasteiger partial charge on any atom is -0.338 e. The Kier molecular flexibility index (Phi) is 4.45. The molecular weight excluding hydrogens is 310 g/mol. The van der Waals surface area contributed by atoms with Crippen LogP contribution in [-0.4, -0.2) is 30.7 Å². The van der Waals surface area contributed by atoms with E-state index in [4.69, 9.17) is 0 Å². The summed E-state index contributed by atoms with van der Waals surface area (Å²) < 4.78 is 25.5. The molecule has 0 atom stereocenters. The van der Waals surface area contributed by atoms with Crippen molar-refractivity contribution in [1.29, 1.82) is 0 Å². The molecule has 2 aromatic carbocycles. The van der Waals surface area contributed by atoms with Gasteiger partial charge in [-0.25, -0.2) is 18.1 Å². The van der Waals surface area contributed by atoms with Crippen LogP contribution in [-0.2, 0) is 16.4 Å². The summed E-state index contributed by atoms with van der Waals surface area (Å²) in [6.45, 7) is 2.03. The van der Waals surface area contributed by atoms with Gasteiger partial charge in [-0.3, -0.25) is 0 Å². The molecule has 1 heterocycles. The van der Waals surface area contributed by atoms with Crippen LogP contribution in [0.25, 0.3) is 22.4 Å². The highest BCUT2D eigenvalue weighted by molar-refractivity contribution is 7.89. The molecular formula is C17H19N3O2S. The average molecular weight is 329 g/mol. The van der Waals surface area contributed by atoms with Crippen molar-refractivity contribution in [3.63, 3.8) is 0 Å². The van der Waals surface area contributed by atoms with Crippen LogP contribution in [0.1, 0.15) is 12.5 Å². The molecule has 0 unspecified atom stereocenters. The average Bonchev–Trinajstić information content (AvgIpc) is 2.99. The standard InChI is InChI=1S/C17H19N3O2S/c1-2-23(21,22)18-11-10-13-8-9-15-16(12-13)20-17(19-15)14-6-4-3-5-7-14/h3-9,12,18H,2,10-11H2,1H3,(H,19,20). The molecule has 23 heavy (non-hydrogen) atoms. The summed E-state index contributed by atoms with van der Waals surface area (Å²) in [5.74, 6) is 0.942. The predicted molar refractivity (Wildman–Crippen MR) is 92.7 cm³/mol. The summed E-state index contributed by atoms with van der Waals surface area (Å²) in [5, 5.41) is 0. The summed E-state index contributed by atoms with van der Waals surface area (Å²) in [6.07, 6.45) is 0.648. The molecule has 0 aliphatic heterocycles. The van der Waals surface area contributed by atoms with E-state index in [2.05, 4.69) is 14.7 Å². The van der Waals surface area contributed by atoms with Crippen molar-refractivity contribution in [3.8, 4) is 11.4 Å². The molecule has 3 aromatic rings. The van der Waals surface area contributed by atoms with Gasteiger partial charge in [-0.05, 0) is 31.0 Å². The van der Waals surface area contributed by atoms with Crippen molar-refractivity contribution in [2.45, 2.75) is 13.3 Å². The number of imidazole rings is 1. The van der Waals surface area contributed by atoms with Gasteiger partial charge in [-0.2, -0.15) is 0 Å². The first-order valence-electron chi connectivity index (χ1n) is 7.59. The van der Waals surface area contributed by atoms with Crippen LogP contribution in [0.15, 0.2) is 48.5 Å². The fourth-order valence-electron chi connectivity index (χ4n) is 2.40. The van der Waals surface area contributed by atoms with E-state index in [-0.39, 0.29) is 5.75 Å². The van der Waals surface area contributed by atoms with Crippen LogP contribution < -0.4 is 4.72 Å². The fraction of sp³-hybridized carbons (Fsp3) is 0.235. The molecule has 3 rings (SSSR count). The van der Waals surface area contributed by atoms with Crippen LogP contribution in [0.3, 0.4) is 0 Å². The third-order valence-electron chi connectivity index (χ3n) is 3.71. The van der Waals surface area contributed by atoms with Gasteiger partial charge in [-0.15, -0.1) is 0 Å². The highest BCUT2D eigenvalue weighted by Crippen LogP contribution is 2.21. The first-order chi connectivity index (χ1) is 11.1. The van der Waals surface area contributed by atoms with Crippen molar-refractivity contribution in [1.82, 2.24) is 14.7 Å². The topological polar surface area (TPSA) is 74.8 Å². The van der Waals surface area contributed by atoms with Gasteiger partial charge < -0.3 is 4.98 Å². The number of H-pyrrole nitrogens is 1. The minimum absolute atomic E-state index is 0.104. The molecule has 5 nitrogen and oxygen atoms in total. The van der Waals surface area contributed by atoms with Crippen LogP contribution in [0.2, 0.25) is 0 Å². The van der Waals surface area contributed by atoms with Crippen LogP contribution in [0.5, 0.6) is 0 Å². The van der Waals surface area contributed by atoms with Crippen molar-refractivity contribution >= 4 is 21.1 Å². The maximum atomic E-state index is 11.4. The normalized spacial score (nSPS) is 11.9. The van der Waals surface area contributed by atoms with Gasteiger partial charge in [0.1, 0.15) is 5.82 Å². The zero-order valence-corrected chi connectivity index (χ0v) is 13.7. The van der Waals surface area contributed by atoms with Crippen molar-refractivity contribution in [2.24, 2.45) is 0 Å². The Hall–Kier alpha value is -2.18. The van der Waals surface area contributed by atoms with Gasteiger partial charge in [0.15, 0.2) is 0 Å². The van der Waals surface area contributed by atoms with Gasteiger partial charge in [-0.1, -0.05) is 36.4 Å². The van der Waals surface area contributed by atoms with E-state index < -0.39 is 10.0 Å². The van der Waals surface area contributed by atoms with Gasteiger partial charge >= 0.3 is 0 Å².